The van der Waals surface area contributed by atoms with Crippen molar-refractivity contribution in [1.82, 2.24) is 25.0 Å². The molecule has 1 fully saturated rings. The molecule has 5 rings (SSSR count). The topological polar surface area (TPSA) is 81.7 Å². The van der Waals surface area contributed by atoms with E-state index in [1.165, 1.54) is 5.56 Å². The first-order valence-corrected chi connectivity index (χ1v) is 9.86. The second-order valence-electron chi connectivity index (χ2n) is 7.47. The van der Waals surface area contributed by atoms with Crippen molar-refractivity contribution in [3.63, 3.8) is 0 Å². The van der Waals surface area contributed by atoms with Gasteiger partial charge in [-0.15, -0.1) is 0 Å². The first kappa shape index (κ1) is 18.0. The molecule has 0 aliphatic carbocycles. The Hall–Kier alpha value is -3.07. The predicted molar refractivity (Wildman–Crippen MR) is 106 cm³/mol. The van der Waals surface area contributed by atoms with Gasteiger partial charge >= 0.3 is 0 Å². The number of ether oxygens (including phenoxy) is 2. The van der Waals surface area contributed by atoms with Gasteiger partial charge in [0.2, 0.25) is 0 Å². The lowest BCUT2D eigenvalue weighted by molar-refractivity contribution is 0.171. The normalized spacial score (nSPS) is 17.0. The largest absolute Gasteiger partial charge is 0.486 e. The number of anilines is 1. The van der Waals surface area contributed by atoms with E-state index in [0.29, 0.717) is 13.2 Å². The Morgan fingerprint density at radius 3 is 2.55 bits per heavy atom. The lowest BCUT2D eigenvalue weighted by Gasteiger charge is -2.34. The molecule has 0 N–H and O–H groups in total. The fourth-order valence-electron chi connectivity index (χ4n) is 3.96. The fourth-order valence-corrected chi connectivity index (χ4v) is 3.96. The lowest BCUT2D eigenvalue weighted by atomic mass is 10.1. The van der Waals surface area contributed by atoms with Gasteiger partial charge < -0.3 is 14.4 Å². The van der Waals surface area contributed by atoms with Crippen molar-refractivity contribution >= 4 is 5.82 Å². The molecule has 0 saturated carbocycles. The maximum absolute atomic E-state index is 5.74. The second kappa shape index (κ2) is 7.40. The van der Waals surface area contributed by atoms with Gasteiger partial charge in [-0.05, 0) is 30.3 Å². The van der Waals surface area contributed by atoms with Gasteiger partial charge in [0.1, 0.15) is 18.9 Å². The van der Waals surface area contributed by atoms with Gasteiger partial charge in [-0.25, -0.2) is 4.63 Å². The summed E-state index contributed by atoms with van der Waals surface area (Å²) in [5.74, 6) is 2.43. The van der Waals surface area contributed by atoms with Crippen LogP contribution in [0.15, 0.2) is 29.0 Å². The third kappa shape index (κ3) is 3.53. The average molecular weight is 396 g/mol. The minimum Gasteiger partial charge on any atom is -0.486 e. The van der Waals surface area contributed by atoms with Crippen LogP contribution in [0.1, 0.15) is 11.3 Å². The Bertz CT molecular complexity index is 1010. The number of aromatic nitrogens is 4. The lowest BCUT2D eigenvalue weighted by Crippen LogP contribution is -2.46. The highest BCUT2D eigenvalue weighted by Gasteiger charge is 2.23. The standard InChI is InChI=1S/C20H24N6O3/c1-14-20(23-29-22-14)26-7-5-25(6-8-26)13-16-12-24(2)21-19(16)15-3-4-17-18(11-15)28-10-9-27-17/h3-4,11-12H,5-10,13H2,1-2H3. The van der Waals surface area contributed by atoms with Crippen LogP contribution in [-0.2, 0) is 13.6 Å². The molecule has 2 aliphatic heterocycles. The monoisotopic (exact) mass is 396 g/mol. The Labute approximate surface area is 168 Å². The van der Waals surface area contributed by atoms with Crippen LogP contribution >= 0.6 is 0 Å². The van der Waals surface area contributed by atoms with E-state index in [-0.39, 0.29) is 0 Å². The molecule has 0 unspecified atom stereocenters. The van der Waals surface area contributed by atoms with E-state index < -0.39 is 0 Å². The van der Waals surface area contributed by atoms with Crippen molar-refractivity contribution in [3.05, 3.63) is 35.7 Å². The highest BCUT2D eigenvalue weighted by Crippen LogP contribution is 2.35. The van der Waals surface area contributed by atoms with E-state index in [4.69, 9.17) is 19.2 Å². The molecule has 2 aliphatic rings. The van der Waals surface area contributed by atoms with Crippen molar-refractivity contribution in [3.8, 4) is 22.8 Å². The summed E-state index contributed by atoms with van der Waals surface area (Å²) in [6.45, 7) is 7.63. The molecule has 3 aromatic rings. The number of nitrogens with zero attached hydrogens (tertiary/aromatic N) is 6. The van der Waals surface area contributed by atoms with Crippen LogP contribution in [0.4, 0.5) is 5.82 Å². The van der Waals surface area contributed by atoms with Crippen LogP contribution < -0.4 is 14.4 Å². The molecular weight excluding hydrogens is 372 g/mol. The molecule has 0 radical (unpaired) electrons. The smallest absolute Gasteiger partial charge is 0.196 e. The zero-order valence-electron chi connectivity index (χ0n) is 16.7. The fraction of sp³-hybridized carbons (Fsp3) is 0.450. The van der Waals surface area contributed by atoms with Crippen molar-refractivity contribution in [2.45, 2.75) is 13.5 Å². The SMILES string of the molecule is Cc1nonc1N1CCN(Cc2cn(C)nc2-c2ccc3c(c2)OCCO3)CC1. The minimum atomic E-state index is 0.580. The molecule has 0 amide bonds. The number of rotatable bonds is 4. The summed E-state index contributed by atoms with van der Waals surface area (Å²) in [6.07, 6.45) is 2.10. The van der Waals surface area contributed by atoms with Gasteiger partial charge in [0.25, 0.3) is 0 Å². The Morgan fingerprint density at radius 2 is 1.79 bits per heavy atom. The number of fused-ring (bicyclic) bond motifs is 1. The molecule has 2 aromatic heterocycles. The van der Waals surface area contributed by atoms with Crippen LogP contribution in [0.3, 0.4) is 0 Å². The first-order valence-electron chi connectivity index (χ1n) is 9.86. The minimum absolute atomic E-state index is 0.580. The van der Waals surface area contributed by atoms with Crippen molar-refractivity contribution in [1.29, 1.82) is 0 Å². The summed E-state index contributed by atoms with van der Waals surface area (Å²) in [5.41, 5.74) is 4.08. The summed E-state index contributed by atoms with van der Waals surface area (Å²) in [6, 6.07) is 6.05. The van der Waals surface area contributed by atoms with E-state index in [1.54, 1.807) is 0 Å². The van der Waals surface area contributed by atoms with Crippen LogP contribution in [-0.4, -0.2) is 64.4 Å². The van der Waals surface area contributed by atoms with Crippen LogP contribution in [0.25, 0.3) is 11.3 Å². The summed E-state index contributed by atoms with van der Waals surface area (Å²) in [7, 11) is 1.96. The molecule has 152 valence electrons. The van der Waals surface area contributed by atoms with E-state index in [0.717, 1.165) is 67.0 Å². The van der Waals surface area contributed by atoms with Crippen LogP contribution in [0.5, 0.6) is 11.5 Å². The van der Waals surface area contributed by atoms with Crippen LogP contribution in [0.2, 0.25) is 0 Å². The molecule has 1 aromatic carbocycles. The summed E-state index contributed by atoms with van der Waals surface area (Å²) >= 11 is 0. The highest BCUT2D eigenvalue weighted by atomic mass is 16.6. The van der Waals surface area contributed by atoms with E-state index >= 15 is 0 Å². The summed E-state index contributed by atoms with van der Waals surface area (Å²) in [4.78, 5) is 4.67. The summed E-state index contributed by atoms with van der Waals surface area (Å²) in [5, 5.41) is 12.6. The number of aryl methyl sites for hydroxylation is 2. The third-order valence-corrected chi connectivity index (χ3v) is 5.41. The van der Waals surface area contributed by atoms with Gasteiger partial charge in [-0.3, -0.25) is 9.58 Å². The first-order chi connectivity index (χ1) is 14.2. The maximum atomic E-state index is 5.74. The molecular formula is C20H24N6O3. The van der Waals surface area contributed by atoms with Gasteiger partial charge in [-0.1, -0.05) is 5.16 Å². The van der Waals surface area contributed by atoms with Crippen molar-refractivity contribution in [2.24, 2.45) is 7.05 Å². The Kier molecular flexibility index (Phi) is 4.59. The molecule has 4 heterocycles. The third-order valence-electron chi connectivity index (χ3n) is 5.41. The Balaban J connectivity index is 1.31. The molecule has 0 spiro atoms. The number of benzene rings is 1. The summed E-state index contributed by atoms with van der Waals surface area (Å²) < 4.78 is 18.1. The molecule has 9 nitrogen and oxygen atoms in total. The molecule has 0 bridgehead atoms. The molecule has 29 heavy (non-hydrogen) atoms. The van der Waals surface area contributed by atoms with E-state index in [1.807, 2.05) is 30.8 Å². The van der Waals surface area contributed by atoms with E-state index in [9.17, 15) is 0 Å². The zero-order chi connectivity index (χ0) is 19.8. The van der Waals surface area contributed by atoms with Crippen LogP contribution in [0, 0.1) is 6.92 Å². The number of hydrogen-bond donors (Lipinski definition) is 0. The van der Waals surface area contributed by atoms with Crippen molar-refractivity contribution in [2.75, 3.05) is 44.3 Å². The Morgan fingerprint density at radius 1 is 1.00 bits per heavy atom. The number of piperazine rings is 1. The maximum Gasteiger partial charge on any atom is 0.196 e. The van der Waals surface area contributed by atoms with Gasteiger partial charge in [0.15, 0.2) is 17.3 Å². The predicted octanol–water partition coefficient (Wildman–Crippen LogP) is 1.87. The molecule has 1 saturated heterocycles. The quantitative estimate of drug-likeness (QED) is 0.661. The van der Waals surface area contributed by atoms with Gasteiger partial charge in [0, 0.05) is 57.1 Å². The van der Waals surface area contributed by atoms with Gasteiger partial charge in [0.05, 0.1) is 5.69 Å². The van der Waals surface area contributed by atoms with Crippen molar-refractivity contribution < 1.29 is 14.1 Å². The molecule has 9 heteroatoms. The number of hydrogen-bond acceptors (Lipinski definition) is 8. The highest BCUT2D eigenvalue weighted by molar-refractivity contribution is 5.67. The zero-order valence-corrected chi connectivity index (χ0v) is 16.7. The average Bonchev–Trinajstić information content (AvgIpc) is 3.33. The van der Waals surface area contributed by atoms with Gasteiger partial charge in [-0.2, -0.15) is 5.10 Å². The molecule has 0 atom stereocenters. The second-order valence-corrected chi connectivity index (χ2v) is 7.47. The van der Waals surface area contributed by atoms with E-state index in [2.05, 4.69) is 32.4 Å².